The van der Waals surface area contributed by atoms with Crippen LogP contribution < -0.4 is 10.1 Å². The minimum absolute atomic E-state index is 0.232. The van der Waals surface area contributed by atoms with E-state index < -0.39 is 11.6 Å². The molecule has 4 heteroatoms. The van der Waals surface area contributed by atoms with E-state index in [2.05, 4.69) is 11.9 Å². The van der Waals surface area contributed by atoms with Gasteiger partial charge in [-0.3, -0.25) is 0 Å². The molecule has 0 aromatic heterocycles. The lowest BCUT2D eigenvalue weighted by Crippen LogP contribution is -2.12. The fraction of sp³-hybridized carbons (Fsp3) is 0.429. The Morgan fingerprint density at radius 1 is 1.33 bits per heavy atom. The van der Waals surface area contributed by atoms with Crippen molar-refractivity contribution in [1.29, 1.82) is 0 Å². The highest BCUT2D eigenvalue weighted by Crippen LogP contribution is 2.23. The van der Waals surface area contributed by atoms with Crippen molar-refractivity contribution in [3.8, 4) is 5.75 Å². The molecular weight excluding hydrogens is 236 g/mol. The van der Waals surface area contributed by atoms with Crippen molar-refractivity contribution >= 4 is 0 Å². The maximum atomic E-state index is 13.6. The summed E-state index contributed by atoms with van der Waals surface area (Å²) in [6, 6.07) is 2.59. The Labute approximate surface area is 107 Å². The Morgan fingerprint density at radius 2 is 1.94 bits per heavy atom. The topological polar surface area (TPSA) is 21.3 Å². The molecule has 0 bridgehead atoms. The van der Waals surface area contributed by atoms with Crippen molar-refractivity contribution in [1.82, 2.24) is 5.32 Å². The minimum Gasteiger partial charge on any atom is -0.487 e. The van der Waals surface area contributed by atoms with E-state index in [4.69, 9.17) is 4.74 Å². The summed E-state index contributed by atoms with van der Waals surface area (Å²) in [5.74, 6) is -1.63. The second-order valence-corrected chi connectivity index (χ2v) is 4.22. The van der Waals surface area contributed by atoms with Gasteiger partial charge in [-0.2, -0.15) is 0 Å². The minimum atomic E-state index is -0.662. The molecule has 0 unspecified atom stereocenters. The van der Waals surface area contributed by atoms with Gasteiger partial charge >= 0.3 is 0 Å². The van der Waals surface area contributed by atoms with Gasteiger partial charge in [-0.15, -0.1) is 6.58 Å². The quantitative estimate of drug-likeness (QED) is 0.754. The number of ether oxygens (including phenoxy) is 1. The van der Waals surface area contributed by atoms with Crippen molar-refractivity contribution in [2.24, 2.45) is 0 Å². The first-order valence-corrected chi connectivity index (χ1v) is 6.00. The van der Waals surface area contributed by atoms with E-state index in [1.807, 2.05) is 13.8 Å². The molecule has 1 aromatic carbocycles. The summed E-state index contributed by atoms with van der Waals surface area (Å²) in [7, 11) is 0. The van der Waals surface area contributed by atoms with Gasteiger partial charge in [-0.05, 0) is 31.2 Å². The highest BCUT2D eigenvalue weighted by molar-refractivity contribution is 5.31. The fourth-order valence-corrected chi connectivity index (χ4v) is 1.45. The van der Waals surface area contributed by atoms with E-state index >= 15 is 0 Å². The molecule has 0 aliphatic rings. The molecule has 0 heterocycles. The van der Waals surface area contributed by atoms with E-state index in [0.717, 1.165) is 12.1 Å². The van der Waals surface area contributed by atoms with Crippen LogP contribution in [-0.2, 0) is 6.54 Å². The number of halogens is 2. The summed E-state index contributed by atoms with van der Waals surface area (Å²) in [6.07, 6.45) is 0.581. The Morgan fingerprint density at radius 3 is 2.44 bits per heavy atom. The molecule has 1 N–H and O–H groups in total. The Hall–Kier alpha value is -1.42. The average Bonchev–Trinajstić information content (AvgIpc) is 2.29. The smallest absolute Gasteiger partial charge is 0.190 e. The molecule has 0 atom stereocenters. The van der Waals surface area contributed by atoms with Gasteiger partial charge in [0.05, 0.1) is 6.61 Å². The van der Waals surface area contributed by atoms with Crippen LogP contribution in [0.2, 0.25) is 0 Å². The second-order valence-electron chi connectivity index (χ2n) is 4.22. The van der Waals surface area contributed by atoms with Crippen LogP contribution in [0.3, 0.4) is 0 Å². The van der Waals surface area contributed by atoms with E-state index in [9.17, 15) is 8.78 Å². The molecular formula is C14H19F2NO. The molecule has 100 valence electrons. The normalized spacial score (nSPS) is 10.4. The van der Waals surface area contributed by atoms with Crippen LogP contribution in [0.15, 0.2) is 24.3 Å². The van der Waals surface area contributed by atoms with Crippen molar-refractivity contribution < 1.29 is 13.5 Å². The largest absolute Gasteiger partial charge is 0.487 e. The van der Waals surface area contributed by atoms with Crippen LogP contribution in [0, 0.1) is 11.6 Å². The van der Waals surface area contributed by atoms with Crippen LogP contribution in [0.25, 0.3) is 0 Å². The molecule has 0 aliphatic heterocycles. The summed E-state index contributed by atoms with van der Waals surface area (Å²) >= 11 is 0. The van der Waals surface area contributed by atoms with Crippen molar-refractivity contribution in [2.75, 3.05) is 13.2 Å². The lowest BCUT2D eigenvalue weighted by molar-refractivity contribution is 0.288. The third-order valence-corrected chi connectivity index (χ3v) is 2.41. The van der Waals surface area contributed by atoms with Gasteiger partial charge in [0.1, 0.15) is 0 Å². The number of hydrogen-bond acceptors (Lipinski definition) is 2. The van der Waals surface area contributed by atoms with Crippen LogP contribution >= 0.6 is 0 Å². The summed E-state index contributed by atoms with van der Waals surface area (Å²) in [6.45, 7) is 8.90. The number of rotatable bonds is 7. The lowest BCUT2D eigenvalue weighted by atomic mass is 10.2. The first-order valence-electron chi connectivity index (χ1n) is 6.00. The summed E-state index contributed by atoms with van der Waals surface area (Å²) in [5.41, 5.74) is 1.48. The van der Waals surface area contributed by atoms with Crippen molar-refractivity contribution in [3.05, 3.63) is 41.5 Å². The monoisotopic (exact) mass is 255 g/mol. The molecule has 1 aromatic rings. The van der Waals surface area contributed by atoms with Gasteiger partial charge in [0.15, 0.2) is 17.4 Å². The zero-order valence-electron chi connectivity index (χ0n) is 10.9. The van der Waals surface area contributed by atoms with E-state index in [1.54, 1.807) is 0 Å². The third-order valence-electron chi connectivity index (χ3n) is 2.41. The first kappa shape index (κ1) is 14.6. The summed E-state index contributed by atoms with van der Waals surface area (Å²) < 4.78 is 32.4. The van der Waals surface area contributed by atoms with Gasteiger partial charge in [0.2, 0.25) is 0 Å². The van der Waals surface area contributed by atoms with Crippen LogP contribution in [-0.4, -0.2) is 13.2 Å². The third kappa shape index (κ3) is 4.45. The van der Waals surface area contributed by atoms with Gasteiger partial charge in [0, 0.05) is 13.0 Å². The number of hydrogen-bond donors (Lipinski definition) is 1. The molecule has 0 amide bonds. The second kappa shape index (κ2) is 7.11. The van der Waals surface area contributed by atoms with E-state index in [0.29, 0.717) is 18.5 Å². The maximum absolute atomic E-state index is 13.6. The van der Waals surface area contributed by atoms with Crippen molar-refractivity contribution in [2.45, 2.75) is 26.8 Å². The average molecular weight is 255 g/mol. The first-order chi connectivity index (χ1) is 8.54. The van der Waals surface area contributed by atoms with Crippen LogP contribution in [0.4, 0.5) is 8.78 Å². The SMILES string of the molecule is C=C(C)CCOc1c(F)cc(CNCC)cc1F. The Kier molecular flexibility index (Phi) is 5.78. The summed E-state index contributed by atoms with van der Waals surface area (Å²) in [5, 5.41) is 3.01. The lowest BCUT2D eigenvalue weighted by Gasteiger charge is -2.10. The van der Waals surface area contributed by atoms with Gasteiger partial charge < -0.3 is 10.1 Å². The van der Waals surface area contributed by atoms with E-state index in [1.165, 1.54) is 12.1 Å². The Balaban J connectivity index is 2.71. The standard InChI is InChI=1S/C14H19F2NO/c1-4-17-9-11-7-12(15)14(13(16)8-11)18-6-5-10(2)3/h7-8,17H,2,4-6,9H2,1,3H3. The van der Waals surface area contributed by atoms with Gasteiger partial charge in [0.25, 0.3) is 0 Å². The van der Waals surface area contributed by atoms with Gasteiger partial charge in [-0.25, -0.2) is 8.78 Å². The molecule has 0 spiro atoms. The van der Waals surface area contributed by atoms with Crippen LogP contribution in [0.1, 0.15) is 25.8 Å². The molecule has 0 saturated heterocycles. The molecule has 0 aliphatic carbocycles. The fourth-order valence-electron chi connectivity index (χ4n) is 1.45. The summed E-state index contributed by atoms with van der Waals surface area (Å²) in [4.78, 5) is 0. The molecule has 0 radical (unpaired) electrons. The predicted octanol–water partition coefficient (Wildman–Crippen LogP) is 3.42. The van der Waals surface area contributed by atoms with Crippen LogP contribution in [0.5, 0.6) is 5.75 Å². The zero-order chi connectivity index (χ0) is 13.5. The molecule has 18 heavy (non-hydrogen) atoms. The molecule has 0 saturated carbocycles. The number of benzene rings is 1. The highest BCUT2D eigenvalue weighted by Gasteiger charge is 2.12. The van der Waals surface area contributed by atoms with Crippen molar-refractivity contribution in [3.63, 3.8) is 0 Å². The molecule has 2 nitrogen and oxygen atoms in total. The maximum Gasteiger partial charge on any atom is 0.190 e. The Bertz CT molecular complexity index is 395. The predicted molar refractivity (Wildman–Crippen MR) is 68.7 cm³/mol. The number of nitrogens with one attached hydrogen (secondary N) is 1. The van der Waals surface area contributed by atoms with E-state index in [-0.39, 0.29) is 12.4 Å². The molecule has 1 rings (SSSR count). The molecule has 0 fully saturated rings. The zero-order valence-corrected chi connectivity index (χ0v) is 10.9. The van der Waals surface area contributed by atoms with Gasteiger partial charge in [-0.1, -0.05) is 12.5 Å². The highest BCUT2D eigenvalue weighted by atomic mass is 19.1.